The molecule has 0 saturated carbocycles. The lowest BCUT2D eigenvalue weighted by Crippen LogP contribution is -2.46. The van der Waals surface area contributed by atoms with E-state index in [4.69, 9.17) is 5.73 Å². The van der Waals surface area contributed by atoms with E-state index in [1.54, 1.807) is 0 Å². The van der Waals surface area contributed by atoms with Crippen LogP contribution < -0.4 is 5.73 Å². The standard InChI is InChI=1S/C11H20N2O.ClH/c1-8(2)9(3)11(14)13-6-4-5-10(12)7-13;/h10H,4-7,12H2,1-3H3;1H/t10-;/m1./s1. The van der Waals surface area contributed by atoms with Crippen molar-refractivity contribution < 1.29 is 4.79 Å². The average molecular weight is 233 g/mol. The first-order chi connectivity index (χ1) is 6.52. The van der Waals surface area contributed by atoms with Gasteiger partial charge in [0.15, 0.2) is 0 Å². The Bertz CT molecular complexity index is 259. The summed E-state index contributed by atoms with van der Waals surface area (Å²) in [5.41, 5.74) is 7.78. The van der Waals surface area contributed by atoms with E-state index in [0.29, 0.717) is 6.54 Å². The number of halogens is 1. The average Bonchev–Trinajstić information content (AvgIpc) is 2.15. The second kappa shape index (κ2) is 6.13. The summed E-state index contributed by atoms with van der Waals surface area (Å²) in [6.45, 7) is 7.40. The van der Waals surface area contributed by atoms with Crippen molar-refractivity contribution in [2.75, 3.05) is 13.1 Å². The molecule has 0 unspecified atom stereocenters. The Labute approximate surface area is 98.1 Å². The van der Waals surface area contributed by atoms with Crippen LogP contribution in [0.2, 0.25) is 0 Å². The van der Waals surface area contributed by atoms with Crippen LogP contribution in [-0.4, -0.2) is 29.9 Å². The fourth-order valence-electron chi connectivity index (χ4n) is 1.65. The molecule has 0 bridgehead atoms. The number of carbonyl (C=O) groups excluding carboxylic acids is 1. The minimum Gasteiger partial charge on any atom is -0.337 e. The highest BCUT2D eigenvalue weighted by molar-refractivity contribution is 5.93. The third-order valence-electron chi connectivity index (χ3n) is 2.82. The summed E-state index contributed by atoms with van der Waals surface area (Å²) in [6.07, 6.45) is 2.07. The highest BCUT2D eigenvalue weighted by Crippen LogP contribution is 2.13. The lowest BCUT2D eigenvalue weighted by molar-refractivity contribution is -0.128. The molecule has 0 aromatic heterocycles. The van der Waals surface area contributed by atoms with E-state index in [1.807, 2.05) is 25.7 Å². The fraction of sp³-hybridized carbons (Fsp3) is 0.727. The third-order valence-corrected chi connectivity index (χ3v) is 2.82. The molecule has 1 heterocycles. The Morgan fingerprint density at radius 1 is 1.33 bits per heavy atom. The van der Waals surface area contributed by atoms with Gasteiger partial charge < -0.3 is 10.6 Å². The molecule has 2 N–H and O–H groups in total. The third kappa shape index (κ3) is 3.84. The molecule has 0 aliphatic carbocycles. The number of rotatable bonds is 1. The number of hydrogen-bond acceptors (Lipinski definition) is 2. The van der Waals surface area contributed by atoms with Crippen molar-refractivity contribution in [3.63, 3.8) is 0 Å². The second-order valence-electron chi connectivity index (χ2n) is 4.28. The van der Waals surface area contributed by atoms with Gasteiger partial charge in [-0.3, -0.25) is 4.79 Å². The van der Waals surface area contributed by atoms with Crippen LogP contribution >= 0.6 is 12.4 Å². The van der Waals surface area contributed by atoms with Gasteiger partial charge in [0.05, 0.1) is 0 Å². The van der Waals surface area contributed by atoms with Crippen molar-refractivity contribution in [3.8, 4) is 0 Å². The maximum absolute atomic E-state index is 11.9. The molecule has 4 heteroatoms. The van der Waals surface area contributed by atoms with Gasteiger partial charge in [-0.05, 0) is 33.6 Å². The lowest BCUT2D eigenvalue weighted by atomic mass is 10.0. The molecule has 3 nitrogen and oxygen atoms in total. The molecule has 1 saturated heterocycles. The summed E-state index contributed by atoms with van der Waals surface area (Å²) in [5, 5.41) is 0. The molecule has 15 heavy (non-hydrogen) atoms. The van der Waals surface area contributed by atoms with Crippen LogP contribution in [0, 0.1) is 0 Å². The maximum atomic E-state index is 11.9. The number of hydrogen-bond donors (Lipinski definition) is 1. The highest BCUT2D eigenvalue weighted by atomic mass is 35.5. The van der Waals surface area contributed by atoms with Gasteiger partial charge in [-0.15, -0.1) is 12.4 Å². The van der Waals surface area contributed by atoms with E-state index < -0.39 is 0 Å². The Hall–Kier alpha value is -0.540. The monoisotopic (exact) mass is 232 g/mol. The molecule has 0 aromatic carbocycles. The topological polar surface area (TPSA) is 46.3 Å². The SMILES string of the molecule is CC(C)=C(C)C(=O)N1CCC[C@@H](N)C1.Cl. The predicted octanol–water partition coefficient (Wildman–Crippen LogP) is 1.71. The second-order valence-corrected chi connectivity index (χ2v) is 4.28. The molecule has 1 aliphatic heterocycles. The first-order valence-electron chi connectivity index (χ1n) is 5.21. The van der Waals surface area contributed by atoms with Gasteiger partial charge in [0, 0.05) is 24.7 Å². The number of amides is 1. The highest BCUT2D eigenvalue weighted by Gasteiger charge is 2.22. The largest absolute Gasteiger partial charge is 0.337 e. The summed E-state index contributed by atoms with van der Waals surface area (Å²) in [6, 6.07) is 0.165. The minimum absolute atomic E-state index is 0. The van der Waals surface area contributed by atoms with Crippen LogP contribution in [0.15, 0.2) is 11.1 Å². The number of nitrogens with zero attached hydrogens (tertiary/aromatic N) is 1. The zero-order valence-corrected chi connectivity index (χ0v) is 10.6. The molecular formula is C11H21ClN2O. The Kier molecular flexibility index (Phi) is 5.91. The Morgan fingerprint density at radius 3 is 2.40 bits per heavy atom. The van der Waals surface area contributed by atoms with E-state index in [-0.39, 0.29) is 24.4 Å². The summed E-state index contributed by atoms with van der Waals surface area (Å²) in [7, 11) is 0. The predicted molar refractivity (Wildman–Crippen MR) is 65.1 cm³/mol. The zero-order chi connectivity index (χ0) is 10.7. The first-order valence-corrected chi connectivity index (χ1v) is 5.21. The van der Waals surface area contributed by atoms with Gasteiger partial charge in [0.25, 0.3) is 0 Å². The molecule has 0 aromatic rings. The normalized spacial score (nSPS) is 20.5. The van der Waals surface area contributed by atoms with Crippen LogP contribution in [0.3, 0.4) is 0 Å². The van der Waals surface area contributed by atoms with Gasteiger partial charge in [-0.1, -0.05) is 5.57 Å². The van der Waals surface area contributed by atoms with Gasteiger partial charge >= 0.3 is 0 Å². The first kappa shape index (κ1) is 14.5. The van der Waals surface area contributed by atoms with Crippen LogP contribution in [-0.2, 0) is 4.79 Å². The maximum Gasteiger partial charge on any atom is 0.249 e. The molecule has 1 fully saturated rings. The van der Waals surface area contributed by atoms with E-state index in [1.165, 1.54) is 0 Å². The minimum atomic E-state index is 0. The Morgan fingerprint density at radius 2 is 1.93 bits per heavy atom. The molecule has 1 atom stereocenters. The summed E-state index contributed by atoms with van der Waals surface area (Å²) in [4.78, 5) is 13.8. The van der Waals surface area contributed by atoms with Crippen molar-refractivity contribution in [1.29, 1.82) is 0 Å². The number of piperidine rings is 1. The van der Waals surface area contributed by atoms with Crippen molar-refractivity contribution in [2.24, 2.45) is 5.73 Å². The van der Waals surface area contributed by atoms with Crippen LogP contribution in [0.5, 0.6) is 0 Å². The lowest BCUT2D eigenvalue weighted by Gasteiger charge is -2.31. The molecule has 1 amide bonds. The van der Waals surface area contributed by atoms with E-state index in [0.717, 1.165) is 30.5 Å². The summed E-state index contributed by atoms with van der Waals surface area (Å²) < 4.78 is 0. The van der Waals surface area contributed by atoms with Gasteiger partial charge in [0.2, 0.25) is 5.91 Å². The Balaban J connectivity index is 0.00000196. The number of allylic oxidation sites excluding steroid dienone is 1. The molecule has 88 valence electrons. The molecule has 0 spiro atoms. The van der Waals surface area contributed by atoms with Crippen LogP contribution in [0.25, 0.3) is 0 Å². The number of likely N-dealkylation sites (tertiary alicyclic amines) is 1. The van der Waals surface area contributed by atoms with Crippen molar-refractivity contribution in [3.05, 3.63) is 11.1 Å². The molecule has 0 radical (unpaired) electrons. The fourth-order valence-corrected chi connectivity index (χ4v) is 1.65. The zero-order valence-electron chi connectivity index (χ0n) is 9.75. The summed E-state index contributed by atoms with van der Waals surface area (Å²) in [5.74, 6) is 0.153. The van der Waals surface area contributed by atoms with Gasteiger partial charge in [0.1, 0.15) is 0 Å². The van der Waals surface area contributed by atoms with Gasteiger partial charge in [-0.2, -0.15) is 0 Å². The van der Waals surface area contributed by atoms with Crippen molar-refractivity contribution >= 4 is 18.3 Å². The smallest absolute Gasteiger partial charge is 0.249 e. The number of carbonyl (C=O) groups is 1. The van der Waals surface area contributed by atoms with E-state index >= 15 is 0 Å². The van der Waals surface area contributed by atoms with Crippen molar-refractivity contribution in [1.82, 2.24) is 4.90 Å². The van der Waals surface area contributed by atoms with Crippen molar-refractivity contribution in [2.45, 2.75) is 39.7 Å². The molecular weight excluding hydrogens is 212 g/mol. The number of nitrogens with two attached hydrogens (primary N) is 1. The summed E-state index contributed by atoms with van der Waals surface area (Å²) >= 11 is 0. The van der Waals surface area contributed by atoms with Crippen LogP contribution in [0.4, 0.5) is 0 Å². The van der Waals surface area contributed by atoms with Crippen LogP contribution in [0.1, 0.15) is 33.6 Å². The molecule has 1 rings (SSSR count). The molecule has 1 aliphatic rings. The van der Waals surface area contributed by atoms with Gasteiger partial charge in [-0.25, -0.2) is 0 Å². The van der Waals surface area contributed by atoms with E-state index in [2.05, 4.69) is 0 Å². The van der Waals surface area contributed by atoms with E-state index in [9.17, 15) is 4.79 Å². The quantitative estimate of drug-likeness (QED) is 0.700.